The molecule has 8 heteroatoms. The Labute approximate surface area is 232 Å². The molecule has 0 atom stereocenters. The lowest BCUT2D eigenvalue weighted by Crippen LogP contribution is -2.40. The lowest BCUT2D eigenvalue weighted by atomic mass is 9.90. The zero-order valence-electron chi connectivity index (χ0n) is 24.2. The number of carbonyl (C=O) groups excluding carboxylic acids is 1. The zero-order chi connectivity index (χ0) is 29.0. The highest BCUT2D eigenvalue weighted by atomic mass is 32.2. The van der Waals surface area contributed by atoms with Gasteiger partial charge in [0.2, 0.25) is 0 Å². The molecule has 1 amide bonds. The summed E-state index contributed by atoms with van der Waals surface area (Å²) < 4.78 is 36.6. The molecule has 3 aromatic rings. The van der Waals surface area contributed by atoms with Crippen LogP contribution >= 0.6 is 0 Å². The monoisotopic (exact) mass is 552 g/mol. The highest BCUT2D eigenvalue weighted by molar-refractivity contribution is 7.90. The standard InChI is InChI=1S/C31H40N2O5S/c1-20(2)17-26-25(19-38-30(34)33-31(5,6)7)29(23-15-13-21(3)14-16-23)24(22(4)32-26)18-37-27-11-9-10-12-28(27)39(8,35)36/h9-16,20H,17-19H2,1-8H3,(H,33,34). The van der Waals surface area contributed by atoms with Crippen molar-refractivity contribution in [3.05, 3.63) is 76.6 Å². The Bertz CT molecular complexity index is 1420. The molecule has 7 nitrogen and oxygen atoms in total. The van der Waals surface area contributed by atoms with E-state index in [4.69, 9.17) is 14.5 Å². The number of para-hydroxylation sites is 1. The van der Waals surface area contributed by atoms with Crippen molar-refractivity contribution in [3.8, 4) is 16.9 Å². The fourth-order valence-electron chi connectivity index (χ4n) is 4.31. The van der Waals surface area contributed by atoms with Crippen LogP contribution < -0.4 is 10.1 Å². The number of rotatable bonds is 9. The van der Waals surface area contributed by atoms with Gasteiger partial charge in [0, 0.05) is 34.3 Å². The molecule has 0 bridgehead atoms. The fraction of sp³-hybridized carbons (Fsp3) is 0.419. The molecule has 0 radical (unpaired) electrons. The van der Waals surface area contributed by atoms with E-state index < -0.39 is 21.5 Å². The van der Waals surface area contributed by atoms with Crippen LogP contribution in [-0.4, -0.2) is 31.3 Å². The van der Waals surface area contributed by atoms with E-state index in [-0.39, 0.29) is 23.9 Å². The second-order valence-electron chi connectivity index (χ2n) is 11.4. The molecule has 0 aliphatic heterocycles. The molecule has 0 fully saturated rings. The number of aryl methyl sites for hydroxylation is 2. The van der Waals surface area contributed by atoms with Crippen LogP contribution in [0, 0.1) is 19.8 Å². The van der Waals surface area contributed by atoms with E-state index in [1.54, 1.807) is 18.2 Å². The first-order valence-electron chi connectivity index (χ1n) is 13.1. The average Bonchev–Trinajstić information content (AvgIpc) is 2.81. The molecule has 1 heterocycles. The second-order valence-corrected chi connectivity index (χ2v) is 13.4. The Morgan fingerprint density at radius 1 is 0.974 bits per heavy atom. The van der Waals surface area contributed by atoms with Gasteiger partial charge in [0.05, 0.1) is 0 Å². The van der Waals surface area contributed by atoms with E-state index in [0.29, 0.717) is 12.3 Å². The Balaban J connectivity index is 2.15. The van der Waals surface area contributed by atoms with Gasteiger partial charge < -0.3 is 14.8 Å². The van der Waals surface area contributed by atoms with Crippen molar-refractivity contribution >= 4 is 15.9 Å². The van der Waals surface area contributed by atoms with E-state index in [1.807, 2.05) is 58.9 Å². The lowest BCUT2D eigenvalue weighted by Gasteiger charge is -2.24. The summed E-state index contributed by atoms with van der Waals surface area (Å²) in [4.78, 5) is 17.7. The van der Waals surface area contributed by atoms with Crippen molar-refractivity contribution in [2.24, 2.45) is 5.92 Å². The Morgan fingerprint density at radius 2 is 1.62 bits per heavy atom. The number of nitrogens with one attached hydrogen (secondary N) is 1. The van der Waals surface area contributed by atoms with E-state index in [0.717, 1.165) is 39.2 Å². The third kappa shape index (κ3) is 8.30. The summed E-state index contributed by atoms with van der Waals surface area (Å²) in [6.07, 6.45) is 1.36. The number of carbonyl (C=O) groups is 1. The quantitative estimate of drug-likeness (QED) is 0.323. The average molecular weight is 553 g/mol. The number of benzene rings is 2. The van der Waals surface area contributed by atoms with Crippen LogP contribution in [0.25, 0.3) is 11.1 Å². The van der Waals surface area contributed by atoms with Crippen LogP contribution in [0.1, 0.15) is 62.7 Å². The molecule has 0 aliphatic rings. The van der Waals surface area contributed by atoms with Gasteiger partial charge in [-0.15, -0.1) is 0 Å². The summed E-state index contributed by atoms with van der Waals surface area (Å²) in [5.74, 6) is 0.608. The van der Waals surface area contributed by atoms with E-state index in [9.17, 15) is 13.2 Å². The fourth-order valence-corrected chi connectivity index (χ4v) is 5.12. The third-order valence-electron chi connectivity index (χ3n) is 6.08. The van der Waals surface area contributed by atoms with Gasteiger partial charge in [0.15, 0.2) is 9.84 Å². The van der Waals surface area contributed by atoms with Gasteiger partial charge in [0.25, 0.3) is 0 Å². The van der Waals surface area contributed by atoms with Crippen molar-refractivity contribution < 1.29 is 22.7 Å². The highest BCUT2D eigenvalue weighted by Crippen LogP contribution is 2.35. The number of ether oxygens (including phenoxy) is 2. The summed E-state index contributed by atoms with van der Waals surface area (Å²) in [7, 11) is -3.48. The van der Waals surface area contributed by atoms with E-state index in [1.165, 1.54) is 12.3 Å². The summed E-state index contributed by atoms with van der Waals surface area (Å²) in [5.41, 5.74) is 5.79. The molecular weight excluding hydrogens is 512 g/mol. The first-order chi connectivity index (χ1) is 18.2. The second kappa shape index (κ2) is 12.2. The SMILES string of the molecule is Cc1ccc(-c2c(COc3ccccc3S(C)(=O)=O)c(C)nc(CC(C)C)c2COC(=O)NC(C)(C)C)cc1. The minimum atomic E-state index is -3.48. The van der Waals surface area contributed by atoms with Crippen molar-refractivity contribution in [2.45, 2.75) is 78.5 Å². The molecule has 39 heavy (non-hydrogen) atoms. The van der Waals surface area contributed by atoms with Gasteiger partial charge in [-0.1, -0.05) is 55.8 Å². The van der Waals surface area contributed by atoms with Gasteiger partial charge in [-0.25, -0.2) is 13.2 Å². The van der Waals surface area contributed by atoms with Crippen molar-refractivity contribution in [1.29, 1.82) is 0 Å². The number of hydrogen-bond acceptors (Lipinski definition) is 6. The normalized spacial score (nSPS) is 11.9. The van der Waals surface area contributed by atoms with Crippen molar-refractivity contribution in [3.63, 3.8) is 0 Å². The Morgan fingerprint density at radius 3 is 2.21 bits per heavy atom. The van der Waals surface area contributed by atoms with Crippen LogP contribution in [0.15, 0.2) is 53.4 Å². The summed E-state index contributed by atoms with van der Waals surface area (Å²) >= 11 is 0. The van der Waals surface area contributed by atoms with Gasteiger partial charge in [-0.3, -0.25) is 4.98 Å². The van der Waals surface area contributed by atoms with E-state index >= 15 is 0 Å². The smallest absolute Gasteiger partial charge is 0.407 e. The molecule has 0 saturated heterocycles. The largest absolute Gasteiger partial charge is 0.487 e. The molecule has 210 valence electrons. The minimum Gasteiger partial charge on any atom is -0.487 e. The van der Waals surface area contributed by atoms with Crippen LogP contribution in [0.5, 0.6) is 5.75 Å². The highest BCUT2D eigenvalue weighted by Gasteiger charge is 2.23. The van der Waals surface area contributed by atoms with Crippen molar-refractivity contribution in [1.82, 2.24) is 10.3 Å². The topological polar surface area (TPSA) is 94.6 Å². The summed E-state index contributed by atoms with van der Waals surface area (Å²) in [6.45, 7) is 14.0. The summed E-state index contributed by atoms with van der Waals surface area (Å²) in [6, 6.07) is 14.8. The number of alkyl carbamates (subject to hydrolysis) is 1. The predicted octanol–water partition coefficient (Wildman–Crippen LogP) is 6.57. The maximum atomic E-state index is 12.6. The maximum absolute atomic E-state index is 12.6. The molecule has 1 aromatic heterocycles. The van der Waals surface area contributed by atoms with Gasteiger partial charge in [0.1, 0.15) is 23.9 Å². The molecule has 0 aliphatic carbocycles. The van der Waals surface area contributed by atoms with Crippen LogP contribution in [0.2, 0.25) is 0 Å². The molecule has 2 aromatic carbocycles. The van der Waals surface area contributed by atoms with Crippen LogP contribution in [0.4, 0.5) is 4.79 Å². The number of pyridine rings is 1. The van der Waals surface area contributed by atoms with Gasteiger partial charge >= 0.3 is 6.09 Å². The Kier molecular flexibility index (Phi) is 9.43. The first kappa shape index (κ1) is 30.2. The predicted molar refractivity (Wildman–Crippen MR) is 155 cm³/mol. The molecule has 0 saturated carbocycles. The molecule has 1 N–H and O–H groups in total. The Hall–Kier alpha value is -3.39. The van der Waals surface area contributed by atoms with E-state index in [2.05, 4.69) is 19.2 Å². The first-order valence-corrected chi connectivity index (χ1v) is 15.0. The van der Waals surface area contributed by atoms with Crippen molar-refractivity contribution in [2.75, 3.05) is 6.26 Å². The number of aromatic nitrogens is 1. The van der Waals surface area contributed by atoms with Gasteiger partial charge in [-0.2, -0.15) is 0 Å². The van der Waals surface area contributed by atoms with Crippen LogP contribution in [0.3, 0.4) is 0 Å². The van der Waals surface area contributed by atoms with Gasteiger partial charge in [-0.05, 0) is 70.2 Å². The number of amides is 1. The molecular formula is C31H40N2O5S. The van der Waals surface area contributed by atoms with Crippen LogP contribution in [-0.2, 0) is 34.2 Å². The number of sulfone groups is 1. The molecule has 3 rings (SSSR count). The number of nitrogens with zero attached hydrogens (tertiary/aromatic N) is 1. The minimum absolute atomic E-state index is 0.0351. The molecule has 0 spiro atoms. The lowest BCUT2D eigenvalue weighted by molar-refractivity contribution is 0.131. The molecule has 0 unspecified atom stereocenters. The number of hydrogen-bond donors (Lipinski definition) is 1. The third-order valence-corrected chi connectivity index (χ3v) is 7.21. The maximum Gasteiger partial charge on any atom is 0.407 e. The zero-order valence-corrected chi connectivity index (χ0v) is 25.0. The summed E-state index contributed by atoms with van der Waals surface area (Å²) in [5, 5.41) is 2.85.